The summed E-state index contributed by atoms with van der Waals surface area (Å²) in [7, 11) is -3.97. The van der Waals surface area contributed by atoms with E-state index >= 15 is 0 Å². The summed E-state index contributed by atoms with van der Waals surface area (Å²) in [5.74, 6) is -0.918. The van der Waals surface area contributed by atoms with E-state index in [1.165, 1.54) is 25.7 Å². The number of allylic oxidation sites excluding steroid dienone is 8. The van der Waals surface area contributed by atoms with Gasteiger partial charge in [-0.2, -0.15) is 0 Å². The Morgan fingerprint density at radius 1 is 0.857 bits per heavy atom. The first-order valence-electron chi connectivity index (χ1n) is 9.86. The molecule has 0 spiro atoms. The van der Waals surface area contributed by atoms with E-state index in [1.54, 1.807) is 0 Å². The van der Waals surface area contributed by atoms with Crippen molar-refractivity contribution >= 4 is 13.9 Å². The fourth-order valence-electron chi connectivity index (χ4n) is 2.20. The smallest absolute Gasteiger partial charge is 0.366 e. The second kappa shape index (κ2) is 18.9. The van der Waals surface area contributed by atoms with Gasteiger partial charge in [0.15, 0.2) is 0 Å². The molecule has 0 aromatic rings. The van der Waals surface area contributed by atoms with Crippen LogP contribution in [0.4, 0.5) is 4.20 Å². The van der Waals surface area contributed by atoms with Crippen molar-refractivity contribution in [2.45, 2.75) is 71.1 Å². The molecule has 0 N–H and O–H groups in total. The summed E-state index contributed by atoms with van der Waals surface area (Å²) in [5, 5.41) is 0. The Kier molecular flexibility index (Phi) is 17.9. The molecule has 0 radical (unpaired) electrons. The molecule has 0 saturated carbocycles. The third-order valence-electron chi connectivity index (χ3n) is 3.58. The number of hydrogen-bond acceptors (Lipinski definition) is 5. The molecule has 0 heterocycles. The van der Waals surface area contributed by atoms with Crippen molar-refractivity contribution in [3.63, 3.8) is 0 Å². The van der Waals surface area contributed by atoms with Crippen LogP contribution >= 0.6 is 7.91 Å². The van der Waals surface area contributed by atoms with Gasteiger partial charge in [-0.1, -0.05) is 68.4 Å². The molecule has 0 bridgehead atoms. The molecule has 0 amide bonds. The van der Waals surface area contributed by atoms with Crippen LogP contribution < -0.4 is 0 Å². The average Bonchev–Trinajstić information content (AvgIpc) is 2.63. The lowest BCUT2D eigenvalue weighted by Crippen LogP contribution is -2.02. The molecule has 1 atom stereocenters. The quantitative estimate of drug-likeness (QED) is 0.0816. The van der Waals surface area contributed by atoms with E-state index in [4.69, 9.17) is 0 Å². The highest BCUT2D eigenvalue weighted by atomic mass is 31.2. The first-order valence-corrected chi connectivity index (χ1v) is 11.3. The predicted octanol–water partition coefficient (Wildman–Crippen LogP) is 7.33. The molecule has 0 aliphatic rings. The van der Waals surface area contributed by atoms with Gasteiger partial charge in [0.1, 0.15) is 0 Å². The van der Waals surface area contributed by atoms with E-state index < -0.39 is 13.9 Å². The summed E-state index contributed by atoms with van der Waals surface area (Å²) in [4.78, 5) is 15.2. The van der Waals surface area contributed by atoms with Crippen LogP contribution in [0, 0.1) is 0 Å². The molecule has 0 aliphatic heterocycles. The normalized spacial score (nSPS) is 14.5. The molecule has 0 aliphatic carbocycles. The molecule has 5 nitrogen and oxygen atoms in total. The van der Waals surface area contributed by atoms with Crippen molar-refractivity contribution in [1.82, 2.24) is 0 Å². The van der Waals surface area contributed by atoms with E-state index in [2.05, 4.69) is 57.5 Å². The maximum absolute atomic E-state index is 13.0. The van der Waals surface area contributed by atoms with E-state index in [-0.39, 0.29) is 6.42 Å². The van der Waals surface area contributed by atoms with Crippen molar-refractivity contribution < 1.29 is 27.6 Å². The topological polar surface area (TPSA) is 61.8 Å². The fourth-order valence-corrected chi connectivity index (χ4v) is 2.74. The minimum atomic E-state index is -4.95. The molecule has 28 heavy (non-hydrogen) atoms. The minimum Gasteiger partial charge on any atom is -0.366 e. The number of halogens is 1. The zero-order chi connectivity index (χ0) is 20.9. The van der Waals surface area contributed by atoms with Gasteiger partial charge in [-0.3, -0.25) is 4.79 Å². The summed E-state index contributed by atoms with van der Waals surface area (Å²) in [6, 6.07) is 0. The highest BCUT2D eigenvalue weighted by molar-refractivity contribution is 7.48. The Bertz CT molecular complexity index is 555. The molecular formula is C21H34FO5P. The van der Waals surface area contributed by atoms with Gasteiger partial charge >= 0.3 is 13.9 Å². The zero-order valence-corrected chi connectivity index (χ0v) is 18.0. The highest BCUT2D eigenvalue weighted by Gasteiger charge is 2.29. The Labute approximate surface area is 168 Å². The molecule has 160 valence electrons. The predicted molar refractivity (Wildman–Crippen MR) is 111 cm³/mol. The van der Waals surface area contributed by atoms with E-state index in [9.17, 15) is 13.6 Å². The molecule has 7 heteroatoms. The van der Waals surface area contributed by atoms with Crippen LogP contribution in [0.2, 0.25) is 0 Å². The summed E-state index contributed by atoms with van der Waals surface area (Å²) in [6.07, 6.45) is 25.7. The summed E-state index contributed by atoms with van der Waals surface area (Å²) in [6.45, 7) is 2.21. The first-order chi connectivity index (χ1) is 13.5. The number of unbranched alkanes of at least 4 members (excludes halogenated alkanes) is 4. The van der Waals surface area contributed by atoms with Gasteiger partial charge in [0, 0.05) is 6.42 Å². The minimum absolute atomic E-state index is 0.0427. The Balaban J connectivity index is 3.62. The zero-order valence-electron chi connectivity index (χ0n) is 17.1. The van der Waals surface area contributed by atoms with Gasteiger partial charge in [0.25, 0.3) is 0 Å². The lowest BCUT2D eigenvalue weighted by atomic mass is 10.2. The van der Waals surface area contributed by atoms with E-state index in [0.717, 1.165) is 26.4 Å². The Hall–Kier alpha value is -1.49. The Morgan fingerprint density at radius 2 is 1.36 bits per heavy atom. The van der Waals surface area contributed by atoms with Gasteiger partial charge in [0.05, 0.1) is 7.11 Å². The average molecular weight is 416 g/mol. The van der Waals surface area contributed by atoms with E-state index in [1.807, 2.05) is 12.2 Å². The second-order valence-electron chi connectivity index (χ2n) is 6.12. The van der Waals surface area contributed by atoms with Crippen LogP contribution in [0.25, 0.3) is 0 Å². The van der Waals surface area contributed by atoms with Crippen molar-refractivity contribution in [1.29, 1.82) is 0 Å². The SMILES string of the molecule is CCCCC/C=C\C/C=C\C/C=C\C/C=C\CCCC(=O)OP(=O)(F)OOC. The lowest BCUT2D eigenvalue weighted by Gasteiger charge is -2.06. The molecule has 0 aromatic heterocycles. The maximum Gasteiger partial charge on any atom is 0.600 e. The van der Waals surface area contributed by atoms with Crippen LogP contribution in [0.3, 0.4) is 0 Å². The van der Waals surface area contributed by atoms with Crippen LogP contribution in [-0.2, 0) is 23.4 Å². The van der Waals surface area contributed by atoms with Gasteiger partial charge in [0.2, 0.25) is 0 Å². The van der Waals surface area contributed by atoms with Crippen molar-refractivity contribution in [2.75, 3.05) is 7.11 Å². The van der Waals surface area contributed by atoms with Crippen LogP contribution in [0.1, 0.15) is 71.1 Å². The number of rotatable bonds is 17. The number of hydrogen-bond donors (Lipinski definition) is 0. The van der Waals surface area contributed by atoms with Crippen molar-refractivity contribution in [2.24, 2.45) is 0 Å². The van der Waals surface area contributed by atoms with Crippen molar-refractivity contribution in [3.05, 3.63) is 48.6 Å². The van der Waals surface area contributed by atoms with Crippen LogP contribution in [0.5, 0.6) is 0 Å². The summed E-state index contributed by atoms with van der Waals surface area (Å²) in [5.41, 5.74) is 0. The highest BCUT2D eigenvalue weighted by Crippen LogP contribution is 2.50. The lowest BCUT2D eigenvalue weighted by molar-refractivity contribution is -0.195. The van der Waals surface area contributed by atoms with E-state index in [0.29, 0.717) is 12.8 Å². The van der Waals surface area contributed by atoms with Crippen molar-refractivity contribution in [3.8, 4) is 0 Å². The van der Waals surface area contributed by atoms with Gasteiger partial charge in [-0.25, -0.2) is 9.45 Å². The third-order valence-corrected chi connectivity index (χ3v) is 4.33. The standard InChI is InChI=1S/C21H34FO5P/c1-3-4-5-6-7-8-9-10-11-12-13-14-15-16-17-18-19-20-21(23)26-28(22,24)27-25-2/h7-8,10-11,13-14,16-17H,3-6,9,12,15,18-20H2,1-2H3/b8-7-,11-10-,14-13-,17-16-. The molecule has 0 aromatic carbocycles. The van der Waals surface area contributed by atoms with Gasteiger partial charge in [-0.05, 0) is 44.9 Å². The summed E-state index contributed by atoms with van der Waals surface area (Å²) < 4.78 is 31.7. The van der Waals surface area contributed by atoms with Crippen LogP contribution in [-0.4, -0.2) is 13.1 Å². The van der Waals surface area contributed by atoms with Gasteiger partial charge < -0.3 is 4.52 Å². The monoisotopic (exact) mass is 416 g/mol. The second-order valence-corrected chi connectivity index (χ2v) is 7.31. The number of carbonyl (C=O) groups excluding carboxylic acids is 1. The van der Waals surface area contributed by atoms with Crippen LogP contribution in [0.15, 0.2) is 48.6 Å². The molecule has 0 fully saturated rings. The molecular weight excluding hydrogens is 382 g/mol. The number of carbonyl (C=O) groups is 1. The molecule has 0 saturated heterocycles. The summed E-state index contributed by atoms with van der Waals surface area (Å²) >= 11 is 0. The molecule has 1 unspecified atom stereocenters. The van der Waals surface area contributed by atoms with Gasteiger partial charge in [-0.15, -0.1) is 8.87 Å². The Morgan fingerprint density at radius 3 is 1.86 bits per heavy atom. The third kappa shape index (κ3) is 19.3. The maximum atomic E-state index is 13.0. The largest absolute Gasteiger partial charge is 0.600 e. The first kappa shape index (κ1) is 26.5. The fraction of sp³-hybridized carbons (Fsp3) is 0.571. The molecule has 0 rings (SSSR count).